The Bertz CT molecular complexity index is 267. The van der Waals surface area contributed by atoms with E-state index in [0.717, 1.165) is 18.2 Å². The number of nitrogens with zero attached hydrogens (tertiary/aromatic N) is 2. The van der Waals surface area contributed by atoms with Crippen LogP contribution in [0.5, 0.6) is 0 Å². The fourth-order valence-electron chi connectivity index (χ4n) is 2.38. The van der Waals surface area contributed by atoms with Gasteiger partial charge in [0.2, 0.25) is 0 Å². The van der Waals surface area contributed by atoms with Crippen LogP contribution in [0.4, 0.5) is 0 Å². The second-order valence-electron chi connectivity index (χ2n) is 5.12. The highest BCUT2D eigenvalue weighted by Gasteiger charge is 2.45. The molecule has 1 heterocycles. The van der Waals surface area contributed by atoms with Crippen molar-refractivity contribution in [2.45, 2.75) is 44.4 Å². The van der Waals surface area contributed by atoms with Gasteiger partial charge in [-0.25, -0.2) is 0 Å². The molecule has 2 nitrogen and oxygen atoms in total. The minimum atomic E-state index is 0.380. The molecule has 0 aromatic carbocycles. The Hall–Kier alpha value is -0.200. The average molecular weight is 224 g/mol. The summed E-state index contributed by atoms with van der Waals surface area (Å²) >= 11 is 2.08. The first kappa shape index (κ1) is 11.3. The maximum Gasteiger partial charge on any atom is 0.0628 e. The molecule has 0 aromatic heterocycles. The highest BCUT2D eigenvalue weighted by atomic mass is 32.2. The van der Waals surface area contributed by atoms with Gasteiger partial charge in [0.25, 0.3) is 0 Å². The van der Waals surface area contributed by atoms with Gasteiger partial charge in [0.1, 0.15) is 0 Å². The molecule has 1 aliphatic heterocycles. The van der Waals surface area contributed by atoms with E-state index in [0.29, 0.717) is 11.5 Å². The van der Waals surface area contributed by atoms with Gasteiger partial charge in [0.15, 0.2) is 0 Å². The summed E-state index contributed by atoms with van der Waals surface area (Å²) < 4.78 is 0. The molecule has 1 saturated carbocycles. The van der Waals surface area contributed by atoms with Crippen molar-refractivity contribution in [1.82, 2.24) is 4.90 Å². The summed E-state index contributed by atoms with van der Waals surface area (Å²) in [6.07, 6.45) is 3.30. The summed E-state index contributed by atoms with van der Waals surface area (Å²) in [5.41, 5.74) is 0.380. The molecule has 0 N–H and O–H groups in total. The monoisotopic (exact) mass is 224 g/mol. The third-order valence-corrected chi connectivity index (χ3v) is 5.30. The number of thioether (sulfide) groups is 1. The minimum absolute atomic E-state index is 0.380. The van der Waals surface area contributed by atoms with Crippen LogP contribution >= 0.6 is 11.8 Å². The predicted octanol–water partition coefficient (Wildman–Crippen LogP) is 2.51. The molecule has 2 fully saturated rings. The van der Waals surface area contributed by atoms with Crippen LogP contribution < -0.4 is 0 Å². The van der Waals surface area contributed by atoms with Gasteiger partial charge < -0.3 is 0 Å². The molecule has 15 heavy (non-hydrogen) atoms. The first-order chi connectivity index (χ1) is 7.17. The van der Waals surface area contributed by atoms with E-state index < -0.39 is 0 Å². The van der Waals surface area contributed by atoms with Crippen LogP contribution in [0.2, 0.25) is 0 Å². The van der Waals surface area contributed by atoms with Gasteiger partial charge in [-0.15, -0.1) is 0 Å². The normalized spacial score (nSPS) is 34.7. The van der Waals surface area contributed by atoms with Gasteiger partial charge in [-0.1, -0.05) is 6.92 Å². The standard InChI is InChI=1S/C12H20N2S/c1-10-11(2)15-8-7-14(10)9-12(3-4-12)5-6-13/h10-11H,3-5,7-9H2,1-2H3. The van der Waals surface area contributed by atoms with Crippen LogP contribution in [0.15, 0.2) is 0 Å². The molecular weight excluding hydrogens is 204 g/mol. The number of hydrogen-bond donors (Lipinski definition) is 0. The highest BCUT2D eigenvalue weighted by Crippen LogP contribution is 2.49. The molecular formula is C12H20N2S. The molecule has 2 rings (SSSR count). The molecule has 84 valence electrons. The van der Waals surface area contributed by atoms with Crippen molar-refractivity contribution in [1.29, 1.82) is 5.26 Å². The average Bonchev–Trinajstić information content (AvgIpc) is 2.94. The molecule has 2 unspecified atom stereocenters. The Morgan fingerprint density at radius 2 is 2.20 bits per heavy atom. The Labute approximate surface area is 97.0 Å². The van der Waals surface area contributed by atoms with Gasteiger partial charge in [0.05, 0.1) is 6.07 Å². The molecule has 0 radical (unpaired) electrons. The van der Waals surface area contributed by atoms with Crippen LogP contribution in [0.25, 0.3) is 0 Å². The third-order valence-electron chi connectivity index (χ3n) is 3.96. The summed E-state index contributed by atoms with van der Waals surface area (Å²) in [7, 11) is 0. The van der Waals surface area contributed by atoms with E-state index in [2.05, 4.69) is 36.6 Å². The quantitative estimate of drug-likeness (QED) is 0.737. The molecule has 0 spiro atoms. The number of hydrogen-bond acceptors (Lipinski definition) is 3. The molecule has 0 amide bonds. The van der Waals surface area contributed by atoms with Gasteiger partial charge in [-0.3, -0.25) is 4.90 Å². The van der Waals surface area contributed by atoms with E-state index in [4.69, 9.17) is 5.26 Å². The van der Waals surface area contributed by atoms with Gasteiger partial charge >= 0.3 is 0 Å². The highest BCUT2D eigenvalue weighted by molar-refractivity contribution is 8.00. The number of rotatable bonds is 3. The number of nitriles is 1. The van der Waals surface area contributed by atoms with Crippen molar-refractivity contribution in [3.05, 3.63) is 0 Å². The predicted molar refractivity (Wildman–Crippen MR) is 64.9 cm³/mol. The fraction of sp³-hybridized carbons (Fsp3) is 0.917. The SMILES string of the molecule is CC1SCCN(CC2(CC#N)CC2)C1C. The van der Waals surface area contributed by atoms with E-state index >= 15 is 0 Å². The van der Waals surface area contributed by atoms with Crippen LogP contribution in [-0.2, 0) is 0 Å². The molecule has 0 bridgehead atoms. The lowest BCUT2D eigenvalue weighted by molar-refractivity contribution is 0.172. The summed E-state index contributed by atoms with van der Waals surface area (Å²) in [6, 6.07) is 3.03. The van der Waals surface area contributed by atoms with Crippen LogP contribution in [0.3, 0.4) is 0 Å². The van der Waals surface area contributed by atoms with E-state index in [1.165, 1.54) is 25.1 Å². The summed E-state index contributed by atoms with van der Waals surface area (Å²) in [6.45, 7) is 7.03. The maximum absolute atomic E-state index is 8.82. The third kappa shape index (κ3) is 2.49. The van der Waals surface area contributed by atoms with Crippen molar-refractivity contribution in [2.24, 2.45) is 5.41 Å². The van der Waals surface area contributed by atoms with Crippen molar-refractivity contribution in [3.8, 4) is 6.07 Å². The second-order valence-corrected chi connectivity index (χ2v) is 6.61. The van der Waals surface area contributed by atoms with Crippen molar-refractivity contribution >= 4 is 11.8 Å². The molecule has 1 saturated heterocycles. The topological polar surface area (TPSA) is 27.0 Å². The van der Waals surface area contributed by atoms with E-state index in [1.54, 1.807) is 0 Å². The first-order valence-electron chi connectivity index (χ1n) is 5.89. The zero-order valence-corrected chi connectivity index (χ0v) is 10.5. The van der Waals surface area contributed by atoms with Crippen molar-refractivity contribution in [2.75, 3.05) is 18.8 Å². The maximum atomic E-state index is 8.82. The second kappa shape index (κ2) is 4.35. The van der Waals surface area contributed by atoms with E-state index in [9.17, 15) is 0 Å². The first-order valence-corrected chi connectivity index (χ1v) is 6.94. The van der Waals surface area contributed by atoms with Crippen LogP contribution in [-0.4, -0.2) is 35.0 Å². The Morgan fingerprint density at radius 3 is 2.80 bits per heavy atom. The molecule has 2 aliphatic rings. The zero-order chi connectivity index (χ0) is 10.9. The minimum Gasteiger partial charge on any atom is -0.298 e. The summed E-state index contributed by atoms with van der Waals surface area (Å²) in [4.78, 5) is 2.60. The van der Waals surface area contributed by atoms with E-state index in [1.807, 2.05) is 0 Å². The van der Waals surface area contributed by atoms with Gasteiger partial charge in [0, 0.05) is 36.6 Å². The van der Waals surface area contributed by atoms with Crippen LogP contribution in [0, 0.1) is 16.7 Å². The van der Waals surface area contributed by atoms with Crippen molar-refractivity contribution < 1.29 is 0 Å². The lowest BCUT2D eigenvalue weighted by Gasteiger charge is -2.39. The van der Waals surface area contributed by atoms with Gasteiger partial charge in [-0.05, 0) is 25.2 Å². The smallest absolute Gasteiger partial charge is 0.0628 e. The fourth-order valence-corrected chi connectivity index (χ4v) is 3.55. The Morgan fingerprint density at radius 1 is 1.47 bits per heavy atom. The lowest BCUT2D eigenvalue weighted by Crippen LogP contribution is -2.47. The molecule has 1 aliphatic carbocycles. The largest absolute Gasteiger partial charge is 0.298 e. The Balaban J connectivity index is 1.91. The van der Waals surface area contributed by atoms with Gasteiger partial charge in [-0.2, -0.15) is 17.0 Å². The summed E-state index contributed by atoms with van der Waals surface area (Å²) in [5.74, 6) is 1.26. The van der Waals surface area contributed by atoms with Crippen LogP contribution in [0.1, 0.15) is 33.1 Å². The molecule has 2 atom stereocenters. The Kier molecular flexibility index (Phi) is 3.27. The lowest BCUT2D eigenvalue weighted by atomic mass is 10.0. The molecule has 3 heteroatoms. The van der Waals surface area contributed by atoms with E-state index in [-0.39, 0.29) is 0 Å². The summed E-state index contributed by atoms with van der Waals surface area (Å²) in [5, 5.41) is 9.56. The zero-order valence-electron chi connectivity index (χ0n) is 9.70. The van der Waals surface area contributed by atoms with Crippen molar-refractivity contribution in [3.63, 3.8) is 0 Å². The molecule has 0 aromatic rings.